The minimum atomic E-state index is -4.26. The van der Waals surface area contributed by atoms with Gasteiger partial charge in [0.25, 0.3) is 5.91 Å². The zero-order valence-electron chi connectivity index (χ0n) is 54.4. The van der Waals surface area contributed by atoms with Crippen molar-refractivity contribution in [2.45, 2.75) is 176 Å². The van der Waals surface area contributed by atoms with Gasteiger partial charge in [-0.25, -0.2) is 22.7 Å². The Balaban J connectivity index is 1.29. The van der Waals surface area contributed by atoms with Crippen LogP contribution < -0.4 is 47.7 Å². The Morgan fingerprint density at radius 3 is 2.01 bits per heavy atom. The van der Waals surface area contributed by atoms with Crippen LogP contribution in [0.2, 0.25) is 0 Å². The molecule has 1 aliphatic heterocycles. The molecule has 25 heteroatoms. The first-order chi connectivity index (χ1) is 42.1. The molecule has 0 aromatic heterocycles. The fourth-order valence-electron chi connectivity index (χ4n) is 10.4. The topological polar surface area (TPSA) is 343 Å². The number of imide groups is 1. The number of carbonyl (C=O) groups is 10. The van der Waals surface area contributed by atoms with E-state index < -0.39 is 92.6 Å². The van der Waals surface area contributed by atoms with Crippen LogP contribution >= 0.6 is 0 Å². The summed E-state index contributed by atoms with van der Waals surface area (Å²) in [6.07, 6.45) is 3.01. The number of primary amides is 1. The minimum absolute atomic E-state index is 0.0367. The number of nitrogens with zero attached hydrogens (tertiary/aromatic N) is 2. The molecule has 0 saturated carbocycles. The molecule has 3 aromatic rings. The lowest BCUT2D eigenvalue weighted by atomic mass is 9.76. The summed E-state index contributed by atoms with van der Waals surface area (Å²) in [6.45, 7) is 20.1. The SMILES string of the molecule is CN[C@H](C(=O)N[C@H](C(=O)N(C)[C@H](/C=C(\C)C(=O)NS(=O)(=O)Cc1cccc(CNC(=O)OCc2ccc(NC(=O)[C@H](CCCNC(N)=O)NC(=O)[C@@H](NC(=O)CCCCCN3C(=O)CC(C)C3=O)C(C)C)cc2)c1)C(C)C)C(C)(C)C)C(C)(C)c1ccccc1. The quantitative estimate of drug-likeness (QED) is 0.0205. The minimum Gasteiger partial charge on any atom is -0.445 e. The molecule has 4 rings (SSSR count). The van der Waals surface area contributed by atoms with E-state index in [0.29, 0.717) is 41.6 Å². The van der Waals surface area contributed by atoms with E-state index in [1.807, 2.05) is 78.8 Å². The van der Waals surface area contributed by atoms with E-state index in [4.69, 9.17) is 10.5 Å². The molecule has 0 radical (unpaired) electrons. The number of unbranched alkanes of at least 4 members (excludes halogenated alkanes) is 2. The number of benzene rings is 3. The molecule has 11 amide bonds. The monoisotopic (exact) mass is 1270 g/mol. The van der Waals surface area contributed by atoms with E-state index >= 15 is 0 Å². The molecule has 6 atom stereocenters. The Bertz CT molecular complexity index is 3150. The number of anilines is 1. The summed E-state index contributed by atoms with van der Waals surface area (Å²) in [4.78, 5) is 133. The number of alkyl carbamates (subject to hydrolysis) is 1. The Hall–Kier alpha value is -8.19. The lowest BCUT2D eigenvalue weighted by Gasteiger charge is -2.40. The molecule has 494 valence electrons. The maximum absolute atomic E-state index is 14.4. The zero-order valence-corrected chi connectivity index (χ0v) is 55.2. The number of likely N-dealkylation sites (tertiary alicyclic amines) is 1. The van der Waals surface area contributed by atoms with Gasteiger partial charge in [-0.2, -0.15) is 0 Å². The van der Waals surface area contributed by atoms with E-state index in [-0.39, 0.29) is 98.9 Å². The van der Waals surface area contributed by atoms with Crippen LogP contribution in [0.15, 0.2) is 90.5 Å². The standard InChI is InChI=1S/C65H95N11O13S/c1-40(2)50(75(13)61(84)55(64(7,8)9)73-59(82)54(67-12)65(10,11)47-24-16-14-17-25-47)34-42(5)56(79)74-90(87,88)39-46-23-20-22-45(36-46)37-69-63(86)89-38-44-28-30-48(31-29-44)70-57(80)49(26-21-32-68-62(66)85)71-58(81)53(41(3)4)72-51(77)27-18-15-19-33-76-52(78)35-43(6)60(76)83/h14,16-17,20,22-25,28-31,34,36,40-41,43,49-50,53-55,67H,15,18-19,21,26-27,32-33,35,37-39H2,1-13H3,(H,69,86)(H,70,80)(H,71,81)(H,72,77)(H,73,82)(H,74,79)(H3,66,68,85)/b42-34+/t43?,49-,50+,53-,54+,55+/m0/s1. The van der Waals surface area contributed by atoms with Crippen molar-refractivity contribution in [1.82, 2.24) is 46.4 Å². The van der Waals surface area contributed by atoms with Gasteiger partial charge in [-0.3, -0.25) is 43.3 Å². The van der Waals surface area contributed by atoms with Crippen molar-refractivity contribution in [2.24, 2.45) is 28.9 Å². The molecule has 10 N–H and O–H groups in total. The normalized spacial score (nSPS) is 15.4. The van der Waals surface area contributed by atoms with Gasteiger partial charge in [-0.05, 0) is 91.3 Å². The highest BCUT2D eigenvalue weighted by molar-refractivity contribution is 7.89. The van der Waals surface area contributed by atoms with Crippen molar-refractivity contribution >= 4 is 75.1 Å². The molecule has 1 aliphatic rings. The molecule has 0 bridgehead atoms. The molecule has 24 nitrogen and oxygen atoms in total. The van der Waals surface area contributed by atoms with E-state index in [1.54, 1.807) is 89.5 Å². The molecule has 90 heavy (non-hydrogen) atoms. The van der Waals surface area contributed by atoms with Gasteiger partial charge in [0.2, 0.25) is 51.4 Å². The smallest absolute Gasteiger partial charge is 0.407 e. The van der Waals surface area contributed by atoms with Gasteiger partial charge in [0.15, 0.2) is 0 Å². The van der Waals surface area contributed by atoms with Gasteiger partial charge in [-0.15, -0.1) is 0 Å². The average molecular weight is 1270 g/mol. The summed E-state index contributed by atoms with van der Waals surface area (Å²) in [5, 5.41) is 19.5. The molecule has 3 aromatic carbocycles. The van der Waals surface area contributed by atoms with Crippen LogP contribution in [0.3, 0.4) is 0 Å². The predicted octanol–water partition coefficient (Wildman–Crippen LogP) is 5.55. The number of ether oxygens (including phenoxy) is 1. The second-order valence-electron chi connectivity index (χ2n) is 25.4. The van der Waals surface area contributed by atoms with Crippen LogP contribution in [-0.4, -0.2) is 135 Å². The van der Waals surface area contributed by atoms with Crippen molar-refractivity contribution in [3.05, 3.63) is 113 Å². The average Bonchev–Trinajstić information content (AvgIpc) is 2.74. The molecule has 0 aliphatic carbocycles. The third kappa shape index (κ3) is 23.0. The number of rotatable bonds is 33. The van der Waals surface area contributed by atoms with Crippen LogP contribution in [-0.2, 0) is 77.4 Å². The van der Waals surface area contributed by atoms with Crippen LogP contribution in [0.4, 0.5) is 15.3 Å². The predicted molar refractivity (Wildman–Crippen MR) is 343 cm³/mol. The van der Waals surface area contributed by atoms with E-state index in [9.17, 15) is 56.4 Å². The highest BCUT2D eigenvalue weighted by Gasteiger charge is 2.42. The Labute approximate surface area is 530 Å². The number of amides is 11. The van der Waals surface area contributed by atoms with Gasteiger partial charge < -0.3 is 52.6 Å². The number of urea groups is 1. The number of nitrogens with one attached hydrogen (secondary N) is 8. The summed E-state index contributed by atoms with van der Waals surface area (Å²) >= 11 is 0. The van der Waals surface area contributed by atoms with Gasteiger partial charge in [-0.1, -0.05) is 148 Å². The molecule has 1 unspecified atom stereocenters. The molecule has 1 fully saturated rings. The fourth-order valence-corrected chi connectivity index (χ4v) is 11.5. The van der Waals surface area contributed by atoms with Crippen LogP contribution in [0.5, 0.6) is 0 Å². The molecular weight excluding hydrogens is 1170 g/mol. The second kappa shape index (κ2) is 34.1. The highest BCUT2D eigenvalue weighted by Crippen LogP contribution is 2.30. The highest BCUT2D eigenvalue weighted by atomic mass is 32.2. The van der Waals surface area contributed by atoms with Crippen molar-refractivity contribution in [2.75, 3.05) is 32.5 Å². The summed E-state index contributed by atoms with van der Waals surface area (Å²) in [5.74, 6) is -5.06. The number of carbonyl (C=O) groups excluding carboxylic acids is 10. The Morgan fingerprint density at radius 2 is 1.42 bits per heavy atom. The summed E-state index contributed by atoms with van der Waals surface area (Å²) in [6, 6.07) is 17.2. The third-order valence-electron chi connectivity index (χ3n) is 15.7. The third-order valence-corrected chi connectivity index (χ3v) is 16.9. The van der Waals surface area contributed by atoms with E-state index in [2.05, 4.69) is 41.9 Å². The lowest BCUT2D eigenvalue weighted by molar-refractivity contribution is -0.141. The first-order valence-corrected chi connectivity index (χ1v) is 32.2. The first-order valence-electron chi connectivity index (χ1n) is 30.5. The second-order valence-corrected chi connectivity index (χ2v) is 27.1. The molecule has 1 heterocycles. The van der Waals surface area contributed by atoms with Crippen molar-refractivity contribution in [3.8, 4) is 0 Å². The van der Waals surface area contributed by atoms with Crippen molar-refractivity contribution in [3.63, 3.8) is 0 Å². The fraction of sp³-hybridized carbons (Fsp3) is 0.538. The number of likely N-dealkylation sites (N-methyl/N-ethyl adjacent to an activating group) is 2. The number of nitrogens with two attached hydrogens (primary N) is 1. The number of hydrogen-bond acceptors (Lipinski definition) is 14. The largest absolute Gasteiger partial charge is 0.445 e. The Morgan fingerprint density at radius 1 is 0.767 bits per heavy atom. The van der Waals surface area contributed by atoms with Gasteiger partial charge >= 0.3 is 12.1 Å². The lowest BCUT2D eigenvalue weighted by Crippen LogP contribution is -2.61. The summed E-state index contributed by atoms with van der Waals surface area (Å²) in [7, 11) is -0.978. The number of hydrogen-bond donors (Lipinski definition) is 9. The Kier molecular flexibility index (Phi) is 28.2. The van der Waals surface area contributed by atoms with Crippen molar-refractivity contribution < 1.29 is 61.1 Å². The molecular formula is C65H95N11O13S. The first kappa shape index (κ1) is 74.3. The van der Waals surface area contributed by atoms with Gasteiger partial charge in [0.1, 0.15) is 24.7 Å². The van der Waals surface area contributed by atoms with Crippen molar-refractivity contribution in [1.29, 1.82) is 0 Å². The molecule has 1 saturated heterocycles. The zero-order chi connectivity index (χ0) is 67.3. The van der Waals surface area contributed by atoms with E-state index in [1.165, 1.54) is 16.7 Å². The maximum atomic E-state index is 14.4. The van der Waals surface area contributed by atoms with Crippen LogP contribution in [0.1, 0.15) is 143 Å². The number of sulfonamides is 1. The van der Waals surface area contributed by atoms with Gasteiger partial charge in [0, 0.05) is 62.1 Å². The molecule has 0 spiro atoms. The van der Waals surface area contributed by atoms with Crippen LogP contribution in [0.25, 0.3) is 0 Å². The van der Waals surface area contributed by atoms with Crippen LogP contribution in [0, 0.1) is 23.2 Å². The van der Waals surface area contributed by atoms with Gasteiger partial charge in [0.05, 0.1) is 17.8 Å². The summed E-state index contributed by atoms with van der Waals surface area (Å²) in [5.41, 5.74) is 6.60. The maximum Gasteiger partial charge on any atom is 0.407 e. The summed E-state index contributed by atoms with van der Waals surface area (Å²) < 4.78 is 34.4. The van der Waals surface area contributed by atoms with E-state index in [0.717, 1.165) is 5.56 Å².